The van der Waals surface area contributed by atoms with Crippen LogP contribution < -0.4 is 4.74 Å². The number of carbonyl (C=O) groups is 1. The Labute approximate surface area is 117 Å². The highest BCUT2D eigenvalue weighted by Gasteiger charge is 2.43. The fourth-order valence-corrected chi connectivity index (χ4v) is 2.23. The highest BCUT2D eigenvalue weighted by atomic mass is 19.4. The van der Waals surface area contributed by atoms with Crippen molar-refractivity contribution in [2.45, 2.75) is 19.1 Å². The first kappa shape index (κ1) is 15.1. The summed E-state index contributed by atoms with van der Waals surface area (Å²) in [6, 6.07) is 2.59. The number of methoxy groups -OCH3 is 1. The van der Waals surface area contributed by atoms with Crippen molar-refractivity contribution in [2.24, 2.45) is 0 Å². The molecule has 0 bridgehead atoms. The smallest absolute Gasteiger partial charge is 0.471 e. The number of hydrogen-bond acceptors (Lipinski definition) is 4. The van der Waals surface area contributed by atoms with Gasteiger partial charge in [0.1, 0.15) is 0 Å². The van der Waals surface area contributed by atoms with Gasteiger partial charge in [-0.15, -0.1) is 0 Å². The lowest BCUT2D eigenvalue weighted by atomic mass is 9.98. The predicted octanol–water partition coefficient (Wildman–Crippen LogP) is 2.05. The minimum absolute atomic E-state index is 0.0416. The topological polar surface area (TPSA) is 72.7 Å². The van der Waals surface area contributed by atoms with Gasteiger partial charge in [-0.2, -0.15) is 13.2 Å². The van der Waals surface area contributed by atoms with Crippen LogP contribution in [0.15, 0.2) is 12.1 Å². The summed E-state index contributed by atoms with van der Waals surface area (Å²) in [6.07, 6.45) is -4.80. The molecule has 0 saturated carbocycles. The summed E-state index contributed by atoms with van der Waals surface area (Å²) in [4.78, 5) is 22.2. The number of nitrogens with zero attached hydrogens (tertiary/aromatic N) is 2. The van der Waals surface area contributed by atoms with E-state index in [1.165, 1.54) is 19.2 Å². The molecule has 6 nitrogen and oxygen atoms in total. The largest absolute Gasteiger partial charge is 0.490 e. The molecular formula is C12H11F3N2O4. The highest BCUT2D eigenvalue weighted by molar-refractivity contribution is 5.82. The molecule has 0 aromatic heterocycles. The highest BCUT2D eigenvalue weighted by Crippen LogP contribution is 2.34. The van der Waals surface area contributed by atoms with Gasteiger partial charge in [0.25, 0.3) is 0 Å². The summed E-state index contributed by atoms with van der Waals surface area (Å²) < 4.78 is 42.1. The van der Waals surface area contributed by atoms with Crippen LogP contribution in [0, 0.1) is 10.1 Å². The fraction of sp³-hybridized carbons (Fsp3) is 0.417. The van der Waals surface area contributed by atoms with Crippen LogP contribution in [-0.4, -0.2) is 35.6 Å². The lowest BCUT2D eigenvalue weighted by molar-refractivity contribution is -0.385. The van der Waals surface area contributed by atoms with Gasteiger partial charge in [0.15, 0.2) is 5.75 Å². The molecule has 1 aliphatic heterocycles. The minimum Gasteiger partial charge on any atom is -0.490 e. The second-order valence-electron chi connectivity index (χ2n) is 4.52. The zero-order chi connectivity index (χ0) is 15.8. The van der Waals surface area contributed by atoms with E-state index >= 15 is 0 Å². The molecule has 0 aliphatic carbocycles. The molecule has 0 atom stereocenters. The molecule has 9 heteroatoms. The summed E-state index contributed by atoms with van der Waals surface area (Å²) in [5.74, 6) is -1.95. The van der Waals surface area contributed by atoms with Crippen molar-refractivity contribution in [1.29, 1.82) is 0 Å². The Morgan fingerprint density at radius 2 is 2.05 bits per heavy atom. The van der Waals surface area contributed by atoms with Gasteiger partial charge in [-0.25, -0.2) is 0 Å². The summed E-state index contributed by atoms with van der Waals surface area (Å²) in [6.45, 7) is -0.378. The molecule has 1 aromatic carbocycles. The molecule has 0 radical (unpaired) electrons. The number of amides is 1. The normalized spacial score (nSPS) is 14.6. The lowest BCUT2D eigenvalue weighted by Crippen LogP contribution is -2.43. The molecule has 2 rings (SSSR count). The van der Waals surface area contributed by atoms with Crippen LogP contribution in [0.1, 0.15) is 11.1 Å². The third-order valence-corrected chi connectivity index (χ3v) is 3.24. The molecule has 21 heavy (non-hydrogen) atoms. The summed E-state index contributed by atoms with van der Waals surface area (Å²) in [5, 5.41) is 10.9. The van der Waals surface area contributed by atoms with Crippen molar-refractivity contribution in [2.75, 3.05) is 13.7 Å². The third kappa shape index (κ3) is 2.91. The van der Waals surface area contributed by atoms with E-state index in [-0.39, 0.29) is 30.9 Å². The number of benzene rings is 1. The van der Waals surface area contributed by atoms with Gasteiger partial charge in [0, 0.05) is 19.2 Å². The number of carbonyl (C=O) groups excluding carboxylic acids is 1. The molecule has 0 saturated heterocycles. The number of halogens is 3. The summed E-state index contributed by atoms with van der Waals surface area (Å²) in [5.41, 5.74) is 0.724. The van der Waals surface area contributed by atoms with Crippen LogP contribution in [0.2, 0.25) is 0 Å². The molecule has 0 unspecified atom stereocenters. The van der Waals surface area contributed by atoms with Crippen LogP contribution in [0.5, 0.6) is 5.75 Å². The van der Waals surface area contributed by atoms with E-state index < -0.39 is 17.0 Å². The van der Waals surface area contributed by atoms with Gasteiger partial charge in [-0.3, -0.25) is 14.9 Å². The van der Waals surface area contributed by atoms with Crippen LogP contribution in [0.3, 0.4) is 0 Å². The zero-order valence-electron chi connectivity index (χ0n) is 10.9. The maximum Gasteiger partial charge on any atom is 0.471 e. The Morgan fingerprint density at radius 3 is 2.57 bits per heavy atom. The first-order chi connectivity index (χ1) is 9.74. The van der Waals surface area contributed by atoms with E-state index in [1.807, 2.05) is 0 Å². The number of alkyl halides is 3. The van der Waals surface area contributed by atoms with Gasteiger partial charge >= 0.3 is 17.8 Å². The van der Waals surface area contributed by atoms with Crippen molar-refractivity contribution < 1.29 is 27.6 Å². The zero-order valence-corrected chi connectivity index (χ0v) is 10.9. The number of nitro benzene ring substituents is 1. The average Bonchev–Trinajstić information content (AvgIpc) is 2.43. The van der Waals surface area contributed by atoms with E-state index in [0.717, 1.165) is 0 Å². The molecule has 0 spiro atoms. The van der Waals surface area contributed by atoms with Crippen molar-refractivity contribution >= 4 is 11.6 Å². The van der Waals surface area contributed by atoms with Crippen LogP contribution >= 0.6 is 0 Å². The number of rotatable bonds is 2. The molecule has 1 aromatic rings. The van der Waals surface area contributed by atoms with Gasteiger partial charge in [-0.05, 0) is 23.6 Å². The second-order valence-corrected chi connectivity index (χ2v) is 4.52. The Morgan fingerprint density at radius 1 is 1.38 bits per heavy atom. The van der Waals surface area contributed by atoms with Crippen molar-refractivity contribution in [3.8, 4) is 5.75 Å². The van der Waals surface area contributed by atoms with Gasteiger partial charge < -0.3 is 9.64 Å². The van der Waals surface area contributed by atoms with E-state index in [1.54, 1.807) is 0 Å². The SMILES string of the molecule is COc1cc2c(cc1[N+](=O)[O-])CCN(C(=O)C(F)(F)F)C2. The number of hydrogen-bond donors (Lipinski definition) is 0. The van der Waals surface area contributed by atoms with Crippen LogP contribution in [-0.2, 0) is 17.8 Å². The van der Waals surface area contributed by atoms with Crippen LogP contribution in [0.25, 0.3) is 0 Å². The maximum absolute atomic E-state index is 12.4. The number of ether oxygens (including phenoxy) is 1. The van der Waals surface area contributed by atoms with Crippen LogP contribution in [0.4, 0.5) is 18.9 Å². The molecule has 114 valence electrons. The first-order valence-electron chi connectivity index (χ1n) is 5.94. The first-order valence-corrected chi connectivity index (χ1v) is 5.94. The standard InChI is InChI=1S/C12H11F3N2O4/c1-21-10-5-8-6-16(11(18)12(13,14)15)3-2-7(8)4-9(10)17(19)20/h4-5H,2-3,6H2,1H3. The van der Waals surface area contributed by atoms with Gasteiger partial charge in [0.05, 0.1) is 12.0 Å². The second kappa shape index (κ2) is 5.23. The molecular weight excluding hydrogens is 293 g/mol. The molecule has 1 aliphatic rings. The Balaban J connectivity index is 2.33. The monoisotopic (exact) mass is 304 g/mol. The van der Waals surface area contributed by atoms with E-state index in [9.17, 15) is 28.1 Å². The van der Waals surface area contributed by atoms with Crippen molar-refractivity contribution in [3.05, 3.63) is 33.4 Å². The predicted molar refractivity (Wildman–Crippen MR) is 64.8 cm³/mol. The minimum atomic E-state index is -4.93. The number of fused-ring (bicyclic) bond motifs is 1. The molecule has 0 fully saturated rings. The quantitative estimate of drug-likeness (QED) is 0.619. The molecule has 1 heterocycles. The number of nitro groups is 1. The summed E-state index contributed by atoms with van der Waals surface area (Å²) in [7, 11) is 1.23. The van der Waals surface area contributed by atoms with E-state index in [2.05, 4.69) is 0 Å². The van der Waals surface area contributed by atoms with Gasteiger partial charge in [-0.1, -0.05) is 0 Å². The average molecular weight is 304 g/mol. The fourth-order valence-electron chi connectivity index (χ4n) is 2.23. The Bertz CT molecular complexity index is 601. The lowest BCUT2D eigenvalue weighted by Gasteiger charge is -2.29. The molecule has 0 N–H and O–H groups in total. The molecule has 1 amide bonds. The van der Waals surface area contributed by atoms with Crippen molar-refractivity contribution in [3.63, 3.8) is 0 Å². The van der Waals surface area contributed by atoms with Gasteiger partial charge in [0.2, 0.25) is 0 Å². The van der Waals surface area contributed by atoms with E-state index in [4.69, 9.17) is 4.74 Å². The Kier molecular flexibility index (Phi) is 3.75. The maximum atomic E-state index is 12.4. The van der Waals surface area contributed by atoms with Crippen molar-refractivity contribution in [1.82, 2.24) is 4.90 Å². The Hall–Kier alpha value is -2.32. The third-order valence-electron chi connectivity index (χ3n) is 3.24. The van der Waals surface area contributed by atoms with E-state index in [0.29, 0.717) is 16.0 Å². The summed E-state index contributed by atoms with van der Waals surface area (Å²) >= 11 is 0.